The fourth-order valence-electron chi connectivity index (χ4n) is 3.21. The van der Waals surface area contributed by atoms with Crippen LogP contribution in [-0.2, 0) is 6.54 Å². The standard InChI is InChI=1S/C22H23N3O4/c26-20-10-9-19(21(27)22(20)28)24-13-15-1-5-17(6-2-15)29-18-7-3-16(4-8-18)25-12-11-23-14-25/h1-12,14,19-22,24,26-28H,13H2/t19-,20-,21+,22+/m1/s1. The number of aliphatic hydroxyl groups excluding tert-OH is 3. The Labute approximate surface area is 168 Å². The summed E-state index contributed by atoms with van der Waals surface area (Å²) in [5.41, 5.74) is 2.02. The van der Waals surface area contributed by atoms with Crippen LogP contribution in [0, 0.1) is 0 Å². The molecule has 0 unspecified atom stereocenters. The van der Waals surface area contributed by atoms with Crippen molar-refractivity contribution in [2.75, 3.05) is 0 Å². The molecule has 1 heterocycles. The first-order valence-corrected chi connectivity index (χ1v) is 9.41. The van der Waals surface area contributed by atoms with Crippen molar-refractivity contribution in [3.63, 3.8) is 0 Å². The minimum atomic E-state index is -1.19. The van der Waals surface area contributed by atoms with Crippen molar-refractivity contribution in [2.24, 2.45) is 0 Å². The molecule has 29 heavy (non-hydrogen) atoms. The van der Waals surface area contributed by atoms with E-state index in [-0.39, 0.29) is 0 Å². The topological polar surface area (TPSA) is 99.8 Å². The van der Waals surface area contributed by atoms with Crippen LogP contribution in [0.3, 0.4) is 0 Å². The normalized spacial score (nSPS) is 23.8. The van der Waals surface area contributed by atoms with E-state index in [0.29, 0.717) is 6.54 Å². The minimum absolute atomic E-state index is 0.418. The Kier molecular flexibility index (Phi) is 5.73. The Hall–Kier alpha value is -2.97. The van der Waals surface area contributed by atoms with Gasteiger partial charge in [-0.1, -0.05) is 24.3 Å². The Morgan fingerprint density at radius 1 is 0.897 bits per heavy atom. The monoisotopic (exact) mass is 393 g/mol. The first-order valence-electron chi connectivity index (χ1n) is 9.41. The van der Waals surface area contributed by atoms with Gasteiger partial charge in [0, 0.05) is 24.6 Å². The lowest BCUT2D eigenvalue weighted by atomic mass is 9.94. The van der Waals surface area contributed by atoms with Crippen molar-refractivity contribution in [3.05, 3.63) is 85.0 Å². The van der Waals surface area contributed by atoms with Crippen molar-refractivity contribution >= 4 is 0 Å². The van der Waals surface area contributed by atoms with Gasteiger partial charge in [0.1, 0.15) is 29.8 Å². The maximum atomic E-state index is 10.0. The number of aromatic nitrogens is 2. The van der Waals surface area contributed by atoms with E-state index in [4.69, 9.17) is 4.74 Å². The SMILES string of the molecule is O[C@@H]1[C@@H](O)[C@H](NCc2ccc(Oc3ccc(-n4ccnc4)cc3)cc2)C=C[C@H]1O. The summed E-state index contributed by atoms with van der Waals surface area (Å²) >= 11 is 0. The molecule has 4 N–H and O–H groups in total. The summed E-state index contributed by atoms with van der Waals surface area (Å²) in [6.07, 6.45) is 5.25. The molecule has 0 amide bonds. The molecular formula is C22H23N3O4. The predicted molar refractivity (Wildman–Crippen MR) is 108 cm³/mol. The van der Waals surface area contributed by atoms with Gasteiger partial charge in [-0.15, -0.1) is 0 Å². The molecule has 4 atom stereocenters. The van der Waals surface area contributed by atoms with Crippen LogP contribution in [-0.4, -0.2) is 49.2 Å². The molecule has 1 aliphatic carbocycles. The zero-order valence-corrected chi connectivity index (χ0v) is 15.7. The Morgan fingerprint density at radius 3 is 2.24 bits per heavy atom. The highest BCUT2D eigenvalue weighted by molar-refractivity contribution is 5.40. The third-order valence-electron chi connectivity index (χ3n) is 4.92. The summed E-state index contributed by atoms with van der Waals surface area (Å²) in [5.74, 6) is 1.46. The largest absolute Gasteiger partial charge is 0.457 e. The highest BCUT2D eigenvalue weighted by Gasteiger charge is 2.32. The number of hydrogen-bond acceptors (Lipinski definition) is 6. The van der Waals surface area contributed by atoms with Gasteiger partial charge in [0.15, 0.2) is 0 Å². The highest BCUT2D eigenvalue weighted by Crippen LogP contribution is 2.23. The van der Waals surface area contributed by atoms with E-state index in [0.717, 1.165) is 22.7 Å². The smallest absolute Gasteiger partial charge is 0.127 e. The first-order chi connectivity index (χ1) is 14.1. The summed E-state index contributed by atoms with van der Waals surface area (Å²) in [6, 6.07) is 15.0. The van der Waals surface area contributed by atoms with Crippen molar-refractivity contribution in [3.8, 4) is 17.2 Å². The van der Waals surface area contributed by atoms with Crippen molar-refractivity contribution in [1.29, 1.82) is 0 Å². The number of aliphatic hydroxyl groups is 3. The zero-order valence-electron chi connectivity index (χ0n) is 15.7. The van der Waals surface area contributed by atoms with Gasteiger partial charge in [-0.05, 0) is 42.0 Å². The number of nitrogens with one attached hydrogen (secondary N) is 1. The van der Waals surface area contributed by atoms with Gasteiger partial charge in [0.05, 0.1) is 12.4 Å². The van der Waals surface area contributed by atoms with Crippen LogP contribution in [0.1, 0.15) is 5.56 Å². The van der Waals surface area contributed by atoms with E-state index >= 15 is 0 Å². The van der Waals surface area contributed by atoms with Gasteiger partial charge in [-0.2, -0.15) is 0 Å². The third-order valence-corrected chi connectivity index (χ3v) is 4.92. The lowest BCUT2D eigenvalue weighted by Crippen LogP contribution is -2.51. The molecule has 4 rings (SSSR count). The molecule has 150 valence electrons. The summed E-state index contributed by atoms with van der Waals surface area (Å²) in [5, 5.41) is 32.5. The first kappa shape index (κ1) is 19.4. The molecule has 2 aromatic carbocycles. The van der Waals surface area contributed by atoms with E-state index in [1.807, 2.05) is 59.3 Å². The number of imidazole rings is 1. The molecule has 0 spiro atoms. The molecule has 0 radical (unpaired) electrons. The second kappa shape index (κ2) is 8.59. The molecule has 3 aromatic rings. The number of ether oxygens (including phenoxy) is 1. The van der Waals surface area contributed by atoms with Gasteiger partial charge >= 0.3 is 0 Å². The van der Waals surface area contributed by atoms with Crippen LogP contribution in [0.4, 0.5) is 0 Å². The van der Waals surface area contributed by atoms with Gasteiger partial charge in [0.25, 0.3) is 0 Å². The van der Waals surface area contributed by atoms with Gasteiger partial charge in [-0.25, -0.2) is 4.98 Å². The van der Waals surface area contributed by atoms with E-state index < -0.39 is 24.4 Å². The van der Waals surface area contributed by atoms with Crippen molar-refractivity contribution in [1.82, 2.24) is 14.9 Å². The Balaban J connectivity index is 1.33. The average molecular weight is 393 g/mol. The molecular weight excluding hydrogens is 370 g/mol. The fraction of sp³-hybridized carbons (Fsp3) is 0.227. The van der Waals surface area contributed by atoms with Crippen LogP contribution in [0.2, 0.25) is 0 Å². The molecule has 0 saturated heterocycles. The van der Waals surface area contributed by atoms with Crippen LogP contribution >= 0.6 is 0 Å². The summed E-state index contributed by atoms with van der Waals surface area (Å²) in [7, 11) is 0. The second-order valence-corrected chi connectivity index (χ2v) is 6.97. The zero-order chi connectivity index (χ0) is 20.2. The van der Waals surface area contributed by atoms with Crippen LogP contribution < -0.4 is 10.1 Å². The molecule has 0 bridgehead atoms. The van der Waals surface area contributed by atoms with Gasteiger partial charge in [0.2, 0.25) is 0 Å². The number of hydrogen-bond donors (Lipinski definition) is 4. The second-order valence-electron chi connectivity index (χ2n) is 6.97. The highest BCUT2D eigenvalue weighted by atomic mass is 16.5. The summed E-state index contributed by atoms with van der Waals surface area (Å²) in [6.45, 7) is 0.509. The third kappa shape index (κ3) is 4.55. The Morgan fingerprint density at radius 2 is 1.59 bits per heavy atom. The summed E-state index contributed by atoms with van der Waals surface area (Å²) < 4.78 is 7.81. The van der Waals surface area contributed by atoms with E-state index in [1.54, 1.807) is 18.6 Å². The van der Waals surface area contributed by atoms with Crippen molar-refractivity contribution in [2.45, 2.75) is 30.9 Å². The molecule has 7 nitrogen and oxygen atoms in total. The lowest BCUT2D eigenvalue weighted by molar-refractivity contribution is -0.0567. The van der Waals surface area contributed by atoms with Crippen molar-refractivity contribution < 1.29 is 20.1 Å². The van der Waals surface area contributed by atoms with E-state index in [9.17, 15) is 15.3 Å². The average Bonchev–Trinajstić information content (AvgIpc) is 3.28. The predicted octanol–water partition coefficient (Wildman–Crippen LogP) is 1.78. The lowest BCUT2D eigenvalue weighted by Gasteiger charge is -2.31. The van der Waals surface area contributed by atoms with Crippen LogP contribution in [0.15, 0.2) is 79.4 Å². The molecule has 7 heteroatoms. The molecule has 0 saturated carbocycles. The van der Waals surface area contributed by atoms with Gasteiger partial charge < -0.3 is 29.9 Å². The van der Waals surface area contributed by atoms with Crippen LogP contribution in [0.5, 0.6) is 11.5 Å². The number of rotatable bonds is 6. The Bertz CT molecular complexity index is 939. The maximum Gasteiger partial charge on any atom is 0.127 e. The molecule has 1 aliphatic rings. The molecule has 0 fully saturated rings. The quantitative estimate of drug-likeness (QED) is 0.477. The number of nitrogens with zero attached hydrogens (tertiary/aromatic N) is 2. The fourth-order valence-corrected chi connectivity index (χ4v) is 3.21. The van der Waals surface area contributed by atoms with E-state index in [1.165, 1.54) is 6.08 Å². The molecule has 0 aliphatic heterocycles. The summed E-state index contributed by atoms with van der Waals surface area (Å²) in [4.78, 5) is 4.04. The number of benzene rings is 2. The minimum Gasteiger partial charge on any atom is -0.457 e. The maximum absolute atomic E-state index is 10.0. The molecule has 1 aromatic heterocycles. The van der Waals surface area contributed by atoms with E-state index in [2.05, 4.69) is 10.3 Å². The van der Waals surface area contributed by atoms with Gasteiger partial charge in [-0.3, -0.25) is 0 Å². The van der Waals surface area contributed by atoms with Crippen LogP contribution in [0.25, 0.3) is 5.69 Å².